The van der Waals surface area contributed by atoms with E-state index in [-0.39, 0.29) is 11.5 Å². The molecule has 1 heterocycles. The quantitative estimate of drug-likeness (QED) is 0.578. The first kappa shape index (κ1) is 15.2. The Kier molecular flexibility index (Phi) is 5.35. The molecular weight excluding hydrogens is 224 g/mol. The van der Waals surface area contributed by atoms with Crippen LogP contribution in [0.5, 0.6) is 0 Å². The molecule has 0 saturated heterocycles. The molecule has 0 bridgehead atoms. The molecule has 1 aromatic rings. The van der Waals surface area contributed by atoms with Crippen LogP contribution in [0.3, 0.4) is 0 Å². The van der Waals surface area contributed by atoms with Gasteiger partial charge in [0, 0.05) is 24.7 Å². The maximum atomic E-state index is 5.73. The van der Waals surface area contributed by atoms with Gasteiger partial charge in [-0.3, -0.25) is 16.0 Å². The summed E-state index contributed by atoms with van der Waals surface area (Å²) in [5, 5.41) is 4.59. The van der Waals surface area contributed by atoms with E-state index in [9.17, 15) is 0 Å². The molecule has 0 aliphatic heterocycles. The molecule has 0 radical (unpaired) electrons. The Balaban J connectivity index is 2.90. The first-order valence-electron chi connectivity index (χ1n) is 7.00. The van der Waals surface area contributed by atoms with Crippen molar-refractivity contribution in [1.82, 2.24) is 15.2 Å². The first-order valence-corrected chi connectivity index (χ1v) is 7.00. The van der Waals surface area contributed by atoms with E-state index in [1.54, 1.807) is 0 Å². The topological polar surface area (TPSA) is 55.9 Å². The van der Waals surface area contributed by atoms with Gasteiger partial charge in [0.1, 0.15) is 0 Å². The molecule has 0 aliphatic carbocycles. The Labute approximate surface area is 111 Å². The van der Waals surface area contributed by atoms with E-state index in [1.165, 1.54) is 5.69 Å². The highest BCUT2D eigenvalue weighted by atomic mass is 15.3. The van der Waals surface area contributed by atoms with Crippen LogP contribution in [-0.2, 0) is 19.4 Å². The standard InChI is InChI=1S/C14H28N4/c1-6-11-9-12(18(8-3)17-11)10-13(16-15)14(4,5)7-2/h9,13,16H,6-8,10,15H2,1-5H3. The molecule has 3 N–H and O–H groups in total. The number of aromatic nitrogens is 2. The number of hydrogen-bond donors (Lipinski definition) is 2. The summed E-state index contributed by atoms with van der Waals surface area (Å²) in [7, 11) is 0. The molecule has 4 heteroatoms. The van der Waals surface area contributed by atoms with Crippen LogP contribution >= 0.6 is 0 Å². The zero-order valence-electron chi connectivity index (χ0n) is 12.5. The second-order valence-electron chi connectivity index (χ2n) is 5.56. The molecule has 0 amide bonds. The first-order chi connectivity index (χ1) is 8.48. The van der Waals surface area contributed by atoms with Gasteiger partial charge in [0.25, 0.3) is 0 Å². The molecule has 1 aromatic heterocycles. The zero-order valence-corrected chi connectivity index (χ0v) is 12.5. The summed E-state index contributed by atoms with van der Waals surface area (Å²) in [6, 6.07) is 2.48. The predicted octanol–water partition coefficient (Wildman–Crippen LogP) is 2.28. The van der Waals surface area contributed by atoms with Gasteiger partial charge in [0.2, 0.25) is 0 Å². The van der Waals surface area contributed by atoms with Crippen LogP contribution in [0.1, 0.15) is 52.4 Å². The third-order valence-electron chi connectivity index (χ3n) is 4.04. The van der Waals surface area contributed by atoms with Gasteiger partial charge in [-0.1, -0.05) is 27.7 Å². The number of nitrogens with one attached hydrogen (secondary N) is 1. The lowest BCUT2D eigenvalue weighted by atomic mass is 9.80. The lowest BCUT2D eigenvalue weighted by Crippen LogP contribution is -2.47. The third kappa shape index (κ3) is 3.33. The molecule has 1 unspecified atom stereocenters. The van der Waals surface area contributed by atoms with Gasteiger partial charge < -0.3 is 0 Å². The average molecular weight is 252 g/mol. The van der Waals surface area contributed by atoms with Crippen molar-refractivity contribution in [1.29, 1.82) is 0 Å². The molecule has 0 fully saturated rings. The van der Waals surface area contributed by atoms with Crippen molar-refractivity contribution in [2.45, 2.75) is 66.5 Å². The second-order valence-corrected chi connectivity index (χ2v) is 5.56. The molecular formula is C14H28N4. The number of nitrogens with two attached hydrogens (primary N) is 1. The van der Waals surface area contributed by atoms with Crippen LogP contribution < -0.4 is 11.3 Å². The summed E-state index contributed by atoms with van der Waals surface area (Å²) in [5.41, 5.74) is 5.60. The molecule has 4 nitrogen and oxygen atoms in total. The molecule has 0 aromatic carbocycles. The van der Waals surface area contributed by atoms with E-state index in [0.717, 1.165) is 31.5 Å². The van der Waals surface area contributed by atoms with Gasteiger partial charge in [-0.25, -0.2) is 0 Å². The molecule has 0 saturated carbocycles. The molecule has 104 valence electrons. The predicted molar refractivity (Wildman–Crippen MR) is 76.2 cm³/mol. The van der Waals surface area contributed by atoms with E-state index in [0.29, 0.717) is 0 Å². The Morgan fingerprint density at radius 3 is 2.50 bits per heavy atom. The Hall–Kier alpha value is -0.870. The van der Waals surface area contributed by atoms with E-state index >= 15 is 0 Å². The average Bonchev–Trinajstić information content (AvgIpc) is 2.77. The smallest absolute Gasteiger partial charge is 0.0624 e. The van der Waals surface area contributed by atoms with Gasteiger partial charge in [-0.2, -0.15) is 5.10 Å². The van der Waals surface area contributed by atoms with Crippen molar-refractivity contribution in [2.75, 3.05) is 0 Å². The van der Waals surface area contributed by atoms with Crippen molar-refractivity contribution in [3.05, 3.63) is 17.5 Å². The molecule has 1 rings (SSSR count). The largest absolute Gasteiger partial charge is 0.271 e. The van der Waals surface area contributed by atoms with Crippen molar-refractivity contribution in [2.24, 2.45) is 11.3 Å². The van der Waals surface area contributed by atoms with Crippen molar-refractivity contribution in [3.63, 3.8) is 0 Å². The zero-order chi connectivity index (χ0) is 13.8. The fourth-order valence-electron chi connectivity index (χ4n) is 2.14. The fourth-order valence-corrected chi connectivity index (χ4v) is 2.14. The van der Waals surface area contributed by atoms with Crippen LogP contribution in [0.15, 0.2) is 6.07 Å². The number of aryl methyl sites for hydroxylation is 2. The van der Waals surface area contributed by atoms with Crippen molar-refractivity contribution in [3.8, 4) is 0 Å². The summed E-state index contributed by atoms with van der Waals surface area (Å²) in [4.78, 5) is 0. The molecule has 18 heavy (non-hydrogen) atoms. The summed E-state index contributed by atoms with van der Waals surface area (Å²) in [6.45, 7) is 11.9. The fraction of sp³-hybridized carbons (Fsp3) is 0.786. The minimum Gasteiger partial charge on any atom is -0.271 e. The van der Waals surface area contributed by atoms with Crippen LogP contribution in [0.25, 0.3) is 0 Å². The summed E-state index contributed by atoms with van der Waals surface area (Å²) < 4.78 is 2.09. The van der Waals surface area contributed by atoms with E-state index < -0.39 is 0 Å². The highest BCUT2D eigenvalue weighted by Crippen LogP contribution is 2.27. The van der Waals surface area contributed by atoms with Crippen LogP contribution in [0, 0.1) is 5.41 Å². The summed E-state index contributed by atoms with van der Waals surface area (Å²) in [6.07, 6.45) is 3.01. The molecule has 0 aliphatic rings. The second kappa shape index (κ2) is 6.34. The lowest BCUT2D eigenvalue weighted by molar-refractivity contribution is 0.228. The van der Waals surface area contributed by atoms with Crippen LogP contribution in [0.2, 0.25) is 0 Å². The maximum absolute atomic E-state index is 5.73. The number of hydrogen-bond acceptors (Lipinski definition) is 3. The van der Waals surface area contributed by atoms with E-state index in [4.69, 9.17) is 5.84 Å². The third-order valence-corrected chi connectivity index (χ3v) is 4.04. The van der Waals surface area contributed by atoms with Gasteiger partial charge in [-0.05, 0) is 31.2 Å². The SMILES string of the molecule is CCc1cc(CC(NN)C(C)(C)CC)n(CC)n1. The van der Waals surface area contributed by atoms with Crippen LogP contribution in [-0.4, -0.2) is 15.8 Å². The van der Waals surface area contributed by atoms with Gasteiger partial charge in [-0.15, -0.1) is 0 Å². The summed E-state index contributed by atoms with van der Waals surface area (Å²) >= 11 is 0. The summed E-state index contributed by atoms with van der Waals surface area (Å²) in [5.74, 6) is 5.73. The Bertz CT molecular complexity index is 368. The van der Waals surface area contributed by atoms with Crippen molar-refractivity contribution >= 4 is 0 Å². The highest BCUT2D eigenvalue weighted by Gasteiger charge is 2.28. The minimum absolute atomic E-state index is 0.184. The molecule has 0 spiro atoms. The minimum atomic E-state index is 0.184. The van der Waals surface area contributed by atoms with E-state index in [1.807, 2.05) is 0 Å². The Morgan fingerprint density at radius 2 is 2.06 bits per heavy atom. The number of nitrogens with zero attached hydrogens (tertiary/aromatic N) is 2. The monoisotopic (exact) mass is 252 g/mol. The normalized spacial score (nSPS) is 13.9. The van der Waals surface area contributed by atoms with Gasteiger partial charge >= 0.3 is 0 Å². The number of rotatable bonds is 7. The van der Waals surface area contributed by atoms with Gasteiger partial charge in [0.05, 0.1) is 5.69 Å². The van der Waals surface area contributed by atoms with Gasteiger partial charge in [0.15, 0.2) is 0 Å². The Morgan fingerprint density at radius 1 is 1.39 bits per heavy atom. The highest BCUT2D eigenvalue weighted by molar-refractivity contribution is 5.12. The van der Waals surface area contributed by atoms with E-state index in [2.05, 4.69) is 55.9 Å². The van der Waals surface area contributed by atoms with Crippen LogP contribution in [0.4, 0.5) is 0 Å². The number of hydrazine groups is 1. The lowest BCUT2D eigenvalue weighted by Gasteiger charge is -2.33. The van der Waals surface area contributed by atoms with Crippen molar-refractivity contribution < 1.29 is 0 Å². The maximum Gasteiger partial charge on any atom is 0.0624 e. The molecule has 1 atom stereocenters.